The van der Waals surface area contributed by atoms with Crippen LogP contribution >= 0.6 is 0 Å². The summed E-state index contributed by atoms with van der Waals surface area (Å²) >= 11 is 0. The summed E-state index contributed by atoms with van der Waals surface area (Å²) in [6, 6.07) is 15.8. The molecule has 0 saturated carbocycles. The number of imidazole rings is 1. The van der Waals surface area contributed by atoms with Crippen LogP contribution in [0.25, 0.3) is 11.0 Å². The Kier molecular flexibility index (Phi) is 5.93. The molecule has 30 heavy (non-hydrogen) atoms. The lowest BCUT2D eigenvalue weighted by Gasteiger charge is -2.36. The Labute approximate surface area is 177 Å². The minimum Gasteiger partial charge on any atom is -0.497 e. The van der Waals surface area contributed by atoms with E-state index >= 15 is 0 Å². The number of rotatable bonds is 5. The number of carbonyl (C=O) groups excluding carboxylic acids is 1. The van der Waals surface area contributed by atoms with Crippen LogP contribution in [-0.2, 0) is 0 Å². The van der Waals surface area contributed by atoms with E-state index in [4.69, 9.17) is 9.72 Å². The van der Waals surface area contributed by atoms with Crippen LogP contribution in [0.4, 0.5) is 4.79 Å². The number of fused-ring (bicyclic) bond motifs is 1. The molecule has 1 aliphatic heterocycles. The van der Waals surface area contributed by atoms with Gasteiger partial charge in [0.1, 0.15) is 11.6 Å². The van der Waals surface area contributed by atoms with Crippen molar-refractivity contribution in [1.29, 1.82) is 0 Å². The van der Waals surface area contributed by atoms with Gasteiger partial charge in [-0.05, 0) is 55.0 Å². The Balaban J connectivity index is 1.55. The van der Waals surface area contributed by atoms with Crippen LogP contribution in [0.3, 0.4) is 0 Å². The average Bonchev–Trinajstić information content (AvgIpc) is 3.21. The van der Waals surface area contributed by atoms with Crippen molar-refractivity contribution in [1.82, 2.24) is 20.2 Å². The number of nitrogens with one attached hydrogen (secondary N) is 2. The highest BCUT2D eigenvalue weighted by Gasteiger charge is 2.32. The van der Waals surface area contributed by atoms with Crippen molar-refractivity contribution in [3.05, 3.63) is 59.9 Å². The summed E-state index contributed by atoms with van der Waals surface area (Å²) < 4.78 is 5.27. The minimum absolute atomic E-state index is 0.0326. The molecule has 1 aromatic heterocycles. The lowest BCUT2D eigenvalue weighted by Crippen LogP contribution is -2.46. The number of hydrogen-bond acceptors (Lipinski definition) is 3. The zero-order chi connectivity index (χ0) is 21.1. The highest BCUT2D eigenvalue weighted by molar-refractivity contribution is 5.77. The summed E-state index contributed by atoms with van der Waals surface area (Å²) in [5.74, 6) is 1.95. The largest absolute Gasteiger partial charge is 0.497 e. The molecule has 0 radical (unpaired) electrons. The van der Waals surface area contributed by atoms with E-state index in [1.165, 1.54) is 0 Å². The summed E-state index contributed by atoms with van der Waals surface area (Å²) in [5.41, 5.74) is 3.03. The Morgan fingerprint density at radius 1 is 1.17 bits per heavy atom. The third-order valence-corrected chi connectivity index (χ3v) is 5.91. The first-order valence-corrected chi connectivity index (χ1v) is 10.7. The number of ether oxygens (including phenoxy) is 1. The molecular formula is C24H30N4O2. The summed E-state index contributed by atoms with van der Waals surface area (Å²) in [6.07, 6.45) is 3.03. The van der Waals surface area contributed by atoms with Crippen molar-refractivity contribution in [2.24, 2.45) is 5.92 Å². The predicted octanol–water partition coefficient (Wildman–Crippen LogP) is 5.21. The lowest BCUT2D eigenvalue weighted by atomic mass is 9.96. The lowest BCUT2D eigenvalue weighted by molar-refractivity contribution is 0.142. The third-order valence-electron chi connectivity index (χ3n) is 5.91. The average molecular weight is 407 g/mol. The van der Waals surface area contributed by atoms with Gasteiger partial charge < -0.3 is 19.9 Å². The van der Waals surface area contributed by atoms with Crippen molar-refractivity contribution < 1.29 is 9.53 Å². The quantitative estimate of drug-likeness (QED) is 0.611. The Hall–Kier alpha value is -3.02. The van der Waals surface area contributed by atoms with Crippen molar-refractivity contribution in [2.45, 2.75) is 45.2 Å². The number of benzene rings is 2. The van der Waals surface area contributed by atoms with Crippen LogP contribution in [0.5, 0.6) is 5.75 Å². The summed E-state index contributed by atoms with van der Waals surface area (Å²) in [6.45, 7) is 4.99. The minimum atomic E-state index is -0.0679. The molecule has 2 atom stereocenters. The zero-order valence-corrected chi connectivity index (χ0v) is 17.9. The molecule has 6 nitrogen and oxygen atoms in total. The third kappa shape index (κ3) is 4.13. The molecule has 2 amide bonds. The van der Waals surface area contributed by atoms with Crippen molar-refractivity contribution in [3.63, 3.8) is 0 Å². The van der Waals surface area contributed by atoms with Gasteiger partial charge in [-0.2, -0.15) is 0 Å². The number of nitrogens with zero attached hydrogens (tertiary/aromatic N) is 2. The molecule has 0 aliphatic carbocycles. The number of urea groups is 1. The number of H-pyrrole nitrogens is 1. The van der Waals surface area contributed by atoms with Crippen molar-refractivity contribution >= 4 is 17.1 Å². The van der Waals surface area contributed by atoms with E-state index in [1.807, 2.05) is 53.4 Å². The number of likely N-dealkylation sites (tertiary alicyclic amines) is 1. The normalized spacial score (nSPS) is 17.9. The maximum Gasteiger partial charge on any atom is 0.318 e. The topological polar surface area (TPSA) is 70.2 Å². The van der Waals surface area contributed by atoms with Gasteiger partial charge in [0.05, 0.1) is 30.2 Å². The van der Waals surface area contributed by atoms with Gasteiger partial charge in [-0.3, -0.25) is 0 Å². The molecule has 4 rings (SSSR count). The molecule has 158 valence electrons. The first-order chi connectivity index (χ1) is 14.6. The number of aromatic amines is 1. The number of methoxy groups -OCH3 is 1. The fourth-order valence-corrected chi connectivity index (χ4v) is 4.25. The first-order valence-electron chi connectivity index (χ1n) is 10.7. The molecule has 2 unspecified atom stereocenters. The Bertz CT molecular complexity index is 963. The second-order valence-corrected chi connectivity index (χ2v) is 8.29. The van der Waals surface area contributed by atoms with Crippen LogP contribution in [0, 0.1) is 5.92 Å². The van der Waals surface area contributed by atoms with Gasteiger partial charge in [0, 0.05) is 6.54 Å². The molecule has 0 spiro atoms. The maximum atomic E-state index is 13.4. The van der Waals surface area contributed by atoms with Crippen molar-refractivity contribution in [2.75, 3.05) is 13.7 Å². The van der Waals surface area contributed by atoms with Crippen LogP contribution in [0.15, 0.2) is 48.5 Å². The van der Waals surface area contributed by atoms with Gasteiger partial charge in [0.15, 0.2) is 0 Å². The number of hydrogen-bond donors (Lipinski definition) is 2. The fraction of sp³-hybridized carbons (Fsp3) is 0.417. The van der Waals surface area contributed by atoms with E-state index < -0.39 is 0 Å². The standard InChI is InChI=1S/C24H30N4O2/c1-16(2)22(17-11-13-18(30-3)14-12-17)27-24(29)28-15-7-6-10-21(28)23-25-19-8-4-5-9-20(19)26-23/h4-5,8-9,11-14,16,21-22H,6-7,10,15H2,1-3H3,(H,25,26)(H,27,29). The zero-order valence-electron chi connectivity index (χ0n) is 17.9. The van der Waals surface area contributed by atoms with Gasteiger partial charge >= 0.3 is 6.03 Å². The summed E-state index contributed by atoms with van der Waals surface area (Å²) in [5, 5.41) is 3.28. The molecule has 1 saturated heterocycles. The molecule has 1 fully saturated rings. The molecule has 2 heterocycles. The molecule has 6 heteroatoms. The number of aromatic nitrogens is 2. The number of para-hydroxylation sites is 2. The van der Waals surface area contributed by atoms with Gasteiger partial charge in [-0.15, -0.1) is 0 Å². The van der Waals surface area contributed by atoms with E-state index in [1.54, 1.807) is 7.11 Å². The Morgan fingerprint density at radius 3 is 2.63 bits per heavy atom. The van der Waals surface area contributed by atoms with Gasteiger partial charge in [0.2, 0.25) is 0 Å². The smallest absolute Gasteiger partial charge is 0.318 e. The molecule has 2 aromatic carbocycles. The van der Waals surface area contributed by atoms with Crippen LogP contribution in [0.1, 0.15) is 56.6 Å². The first kappa shape index (κ1) is 20.3. The highest BCUT2D eigenvalue weighted by atomic mass is 16.5. The maximum absolute atomic E-state index is 13.4. The fourth-order valence-electron chi connectivity index (χ4n) is 4.25. The van der Waals surface area contributed by atoms with Gasteiger partial charge in [-0.1, -0.05) is 38.1 Å². The molecule has 2 N–H and O–H groups in total. The van der Waals surface area contributed by atoms with Crippen LogP contribution in [0.2, 0.25) is 0 Å². The highest BCUT2D eigenvalue weighted by Crippen LogP contribution is 2.32. The SMILES string of the molecule is COc1ccc(C(NC(=O)N2CCCCC2c2nc3ccccc3[nH]2)C(C)C)cc1. The van der Waals surface area contributed by atoms with Gasteiger partial charge in [-0.25, -0.2) is 9.78 Å². The monoisotopic (exact) mass is 406 g/mol. The Morgan fingerprint density at radius 2 is 1.93 bits per heavy atom. The second-order valence-electron chi connectivity index (χ2n) is 8.29. The summed E-state index contributed by atoms with van der Waals surface area (Å²) in [4.78, 5) is 23.5. The molecule has 3 aromatic rings. The molecule has 1 aliphatic rings. The number of carbonyl (C=O) groups is 1. The summed E-state index contributed by atoms with van der Waals surface area (Å²) in [7, 11) is 1.66. The van der Waals surface area contributed by atoms with E-state index in [9.17, 15) is 4.79 Å². The van der Waals surface area contributed by atoms with Crippen LogP contribution < -0.4 is 10.1 Å². The second kappa shape index (κ2) is 8.78. The van der Waals surface area contributed by atoms with E-state index in [0.29, 0.717) is 0 Å². The number of piperidine rings is 1. The predicted molar refractivity (Wildman–Crippen MR) is 118 cm³/mol. The van der Waals surface area contributed by atoms with Gasteiger partial charge in [0.25, 0.3) is 0 Å². The molecule has 0 bridgehead atoms. The number of amides is 2. The van der Waals surface area contributed by atoms with E-state index in [0.717, 1.165) is 54.0 Å². The van der Waals surface area contributed by atoms with E-state index in [2.05, 4.69) is 24.1 Å². The van der Waals surface area contributed by atoms with Crippen molar-refractivity contribution in [3.8, 4) is 5.75 Å². The van der Waals surface area contributed by atoms with E-state index in [-0.39, 0.29) is 24.0 Å². The molecular weight excluding hydrogens is 376 g/mol. The van der Waals surface area contributed by atoms with Crippen LogP contribution in [-0.4, -0.2) is 34.6 Å².